The van der Waals surface area contributed by atoms with E-state index in [4.69, 9.17) is 18.9 Å². The number of allylic oxidation sites excluding steroid dienone is 2. The Morgan fingerprint density at radius 1 is 1.00 bits per heavy atom. The van der Waals surface area contributed by atoms with Gasteiger partial charge in [0.2, 0.25) is 16.6 Å². The van der Waals surface area contributed by atoms with Gasteiger partial charge < -0.3 is 18.9 Å². The van der Waals surface area contributed by atoms with Crippen LogP contribution in [0.3, 0.4) is 0 Å². The zero-order chi connectivity index (χ0) is 24.2. The zero-order valence-corrected chi connectivity index (χ0v) is 19.6. The molecule has 9 heteroatoms. The third-order valence-electron chi connectivity index (χ3n) is 4.19. The molecule has 2 aromatic rings. The van der Waals surface area contributed by atoms with Gasteiger partial charge in [0.25, 0.3) is 0 Å². The molecule has 0 amide bonds. The van der Waals surface area contributed by atoms with Gasteiger partial charge in [-0.05, 0) is 48.9 Å². The highest BCUT2D eigenvalue weighted by atomic mass is 32.2. The van der Waals surface area contributed by atoms with Crippen LogP contribution in [0.1, 0.15) is 28.7 Å². The second-order valence-corrected chi connectivity index (χ2v) is 7.42. The second-order valence-electron chi connectivity index (χ2n) is 6.44. The smallest absolute Gasteiger partial charge is 0.316 e. The minimum Gasteiger partial charge on any atom is -0.493 e. The van der Waals surface area contributed by atoms with Crippen molar-refractivity contribution < 1.29 is 33.3 Å². The first-order valence-electron chi connectivity index (χ1n) is 9.85. The molecule has 0 atom stereocenters. The van der Waals surface area contributed by atoms with Crippen molar-refractivity contribution in [3.63, 3.8) is 0 Å². The van der Waals surface area contributed by atoms with Crippen LogP contribution in [0.4, 0.5) is 0 Å². The minimum atomic E-state index is -0.543. The molecule has 8 nitrogen and oxygen atoms in total. The minimum absolute atomic E-state index is 0.0979. The summed E-state index contributed by atoms with van der Waals surface area (Å²) in [4.78, 5) is 40.0. The van der Waals surface area contributed by atoms with Crippen LogP contribution < -0.4 is 14.2 Å². The van der Waals surface area contributed by atoms with Crippen LogP contribution >= 0.6 is 11.8 Å². The molecule has 2 rings (SSSR count). The molecule has 0 saturated heterocycles. The molecule has 1 aromatic heterocycles. The molecule has 0 bridgehead atoms. The molecule has 33 heavy (non-hydrogen) atoms. The van der Waals surface area contributed by atoms with Crippen LogP contribution in [0.2, 0.25) is 0 Å². The Labute approximate surface area is 196 Å². The number of ketones is 1. The van der Waals surface area contributed by atoms with Crippen molar-refractivity contribution in [1.29, 1.82) is 0 Å². The summed E-state index contributed by atoms with van der Waals surface area (Å²) in [6, 6.07) is 8.30. The van der Waals surface area contributed by atoms with Gasteiger partial charge in [0.1, 0.15) is 12.3 Å². The summed E-state index contributed by atoms with van der Waals surface area (Å²) in [5.41, 5.74) is 1.29. The number of methoxy groups -OCH3 is 3. The van der Waals surface area contributed by atoms with E-state index in [0.717, 1.165) is 11.8 Å². The van der Waals surface area contributed by atoms with E-state index >= 15 is 0 Å². The van der Waals surface area contributed by atoms with E-state index < -0.39 is 5.97 Å². The van der Waals surface area contributed by atoms with Crippen LogP contribution in [0.15, 0.2) is 48.6 Å². The summed E-state index contributed by atoms with van der Waals surface area (Å²) in [5.74, 6) is 0.423. The van der Waals surface area contributed by atoms with E-state index in [1.807, 2.05) is 0 Å². The summed E-state index contributed by atoms with van der Waals surface area (Å²) in [5, 5.41) is -0.223. The fraction of sp³-hybridized carbons (Fsp3) is 0.250. The van der Waals surface area contributed by atoms with Gasteiger partial charge in [-0.15, -0.1) is 0 Å². The number of rotatable bonds is 11. The maximum Gasteiger partial charge on any atom is 0.316 e. The summed E-state index contributed by atoms with van der Waals surface area (Å²) in [6.07, 6.45) is 5.96. The molecule has 0 radical (unpaired) electrons. The monoisotopic (exact) mass is 471 g/mol. The first kappa shape index (κ1) is 25.7. The van der Waals surface area contributed by atoms with Gasteiger partial charge >= 0.3 is 5.97 Å². The molecule has 0 saturated carbocycles. The molecule has 0 unspecified atom stereocenters. The maximum absolute atomic E-state index is 12.6. The molecular formula is C24H25NO7S. The number of carbonyl (C=O) groups excluding carboxylic acids is 3. The number of pyridine rings is 1. The lowest BCUT2D eigenvalue weighted by atomic mass is 10.1. The Hall–Kier alpha value is -3.59. The molecular weight excluding hydrogens is 446 g/mol. The van der Waals surface area contributed by atoms with Gasteiger partial charge in [-0.2, -0.15) is 0 Å². The van der Waals surface area contributed by atoms with Gasteiger partial charge in [-0.1, -0.05) is 30.0 Å². The quantitative estimate of drug-likeness (QED) is 0.274. The van der Waals surface area contributed by atoms with E-state index in [1.165, 1.54) is 33.5 Å². The van der Waals surface area contributed by atoms with Crippen molar-refractivity contribution in [1.82, 2.24) is 4.98 Å². The number of thioether (sulfide) groups is 1. The molecule has 1 aromatic carbocycles. The van der Waals surface area contributed by atoms with Gasteiger partial charge in [0, 0.05) is 0 Å². The lowest BCUT2D eigenvalue weighted by molar-refractivity contribution is -0.141. The maximum atomic E-state index is 12.6. The normalized spacial score (nSPS) is 10.9. The third kappa shape index (κ3) is 7.80. The number of carbonyl (C=O) groups is 3. The van der Waals surface area contributed by atoms with Gasteiger partial charge in [0.15, 0.2) is 11.5 Å². The Bertz CT molecular complexity index is 1040. The average Bonchev–Trinajstić information content (AvgIpc) is 2.84. The summed E-state index contributed by atoms with van der Waals surface area (Å²) in [6.45, 7) is 1.62. The van der Waals surface area contributed by atoms with Crippen molar-refractivity contribution >= 4 is 34.7 Å². The van der Waals surface area contributed by atoms with E-state index in [1.54, 1.807) is 49.4 Å². The number of esters is 1. The molecule has 0 fully saturated rings. The van der Waals surface area contributed by atoms with Crippen LogP contribution in [0.5, 0.6) is 17.2 Å². The fourth-order valence-corrected chi connectivity index (χ4v) is 3.24. The van der Waals surface area contributed by atoms with Crippen molar-refractivity contribution in [2.45, 2.75) is 13.5 Å². The first-order valence-corrected chi connectivity index (χ1v) is 10.8. The largest absolute Gasteiger partial charge is 0.493 e. The van der Waals surface area contributed by atoms with Crippen molar-refractivity contribution in [3.8, 4) is 17.2 Å². The third-order valence-corrected chi connectivity index (χ3v) is 4.99. The Morgan fingerprint density at radius 3 is 2.30 bits per heavy atom. The SMILES string of the molecule is C/C=C/C(=O)SCC(=O)OCc1cccc(C(=O)C=Cc2cc(OC)c(OC)c(OC)c2)n1. The highest BCUT2D eigenvalue weighted by Gasteiger charge is 2.13. The standard InChI is InChI=1S/C24H25NO7S/c1-5-7-23(28)33-15-22(27)32-14-17-8-6-9-18(25-17)19(26)11-10-16-12-20(29-2)24(31-4)21(13-16)30-3/h5-13H,14-15H2,1-4H3/b7-5+,11-10?. The fourth-order valence-electron chi connectivity index (χ4n) is 2.66. The molecule has 0 aliphatic heterocycles. The Morgan fingerprint density at radius 2 is 1.70 bits per heavy atom. The first-order chi connectivity index (χ1) is 15.9. The topological polar surface area (TPSA) is 101 Å². The highest BCUT2D eigenvalue weighted by molar-refractivity contribution is 8.14. The average molecular weight is 472 g/mol. The number of nitrogens with zero attached hydrogens (tertiary/aromatic N) is 1. The number of hydrogen-bond donors (Lipinski definition) is 0. The second kappa shape index (κ2) is 13.1. The van der Waals surface area contributed by atoms with Crippen LogP contribution in [-0.4, -0.2) is 48.9 Å². The predicted molar refractivity (Wildman–Crippen MR) is 126 cm³/mol. The number of aromatic nitrogens is 1. The van der Waals surface area contributed by atoms with Crippen molar-refractivity contribution in [2.75, 3.05) is 27.1 Å². The van der Waals surface area contributed by atoms with Gasteiger partial charge in [-0.3, -0.25) is 14.4 Å². The Kier molecular flexibility index (Phi) is 10.2. The van der Waals surface area contributed by atoms with E-state index in [0.29, 0.717) is 28.5 Å². The van der Waals surface area contributed by atoms with Gasteiger partial charge in [0.05, 0.1) is 32.8 Å². The molecule has 0 aliphatic carbocycles. The molecule has 174 valence electrons. The van der Waals surface area contributed by atoms with Crippen molar-refractivity contribution in [2.24, 2.45) is 0 Å². The van der Waals surface area contributed by atoms with Crippen LogP contribution in [-0.2, 0) is 20.9 Å². The number of ether oxygens (including phenoxy) is 4. The Balaban J connectivity index is 2.04. The number of benzene rings is 1. The molecule has 0 aliphatic rings. The number of hydrogen-bond acceptors (Lipinski definition) is 9. The molecule has 1 heterocycles. The van der Waals surface area contributed by atoms with E-state index in [2.05, 4.69) is 4.98 Å². The van der Waals surface area contributed by atoms with Crippen LogP contribution in [0.25, 0.3) is 6.08 Å². The van der Waals surface area contributed by atoms with Crippen LogP contribution in [0, 0.1) is 0 Å². The van der Waals surface area contributed by atoms with Gasteiger partial charge in [-0.25, -0.2) is 4.98 Å². The lowest BCUT2D eigenvalue weighted by Gasteiger charge is -2.12. The molecule has 0 N–H and O–H groups in total. The van der Waals surface area contributed by atoms with E-state index in [9.17, 15) is 14.4 Å². The zero-order valence-electron chi connectivity index (χ0n) is 18.8. The highest BCUT2D eigenvalue weighted by Crippen LogP contribution is 2.38. The summed E-state index contributed by atoms with van der Waals surface area (Å²) in [7, 11) is 4.53. The summed E-state index contributed by atoms with van der Waals surface area (Å²) >= 11 is 0.855. The molecule has 0 spiro atoms. The summed E-state index contributed by atoms with van der Waals surface area (Å²) < 4.78 is 21.0. The van der Waals surface area contributed by atoms with Crippen molar-refractivity contribution in [3.05, 3.63) is 65.5 Å². The van der Waals surface area contributed by atoms with E-state index in [-0.39, 0.29) is 29.0 Å². The lowest BCUT2D eigenvalue weighted by Crippen LogP contribution is -2.10. The predicted octanol–water partition coefficient (Wildman–Crippen LogP) is 3.88.